The summed E-state index contributed by atoms with van der Waals surface area (Å²) in [7, 11) is 0. The molecule has 1 fully saturated rings. The van der Waals surface area contributed by atoms with Crippen LogP contribution >= 0.6 is 23.4 Å². The summed E-state index contributed by atoms with van der Waals surface area (Å²) < 4.78 is 18.6. The minimum Gasteiger partial charge on any atom is -0.381 e. The highest BCUT2D eigenvalue weighted by atomic mass is 35.5. The molecular weight excluding hydrogens is 325 g/mol. The number of halogens is 2. The van der Waals surface area contributed by atoms with Crippen LogP contribution in [0.1, 0.15) is 24.8 Å². The van der Waals surface area contributed by atoms with Crippen molar-refractivity contribution in [3.05, 3.63) is 34.6 Å². The number of nitrogens with one attached hydrogen (secondary N) is 1. The molecule has 1 aromatic carbocycles. The van der Waals surface area contributed by atoms with E-state index in [2.05, 4.69) is 5.32 Å². The maximum absolute atomic E-state index is 13.3. The molecule has 6 heteroatoms. The molecule has 1 saturated heterocycles. The molecule has 0 atom stereocenters. The van der Waals surface area contributed by atoms with Gasteiger partial charge in [0.25, 0.3) is 0 Å². The summed E-state index contributed by atoms with van der Waals surface area (Å²) in [6, 6.07) is 4.66. The molecule has 1 aromatic rings. The lowest BCUT2D eigenvalue weighted by atomic mass is 10.1. The van der Waals surface area contributed by atoms with Crippen LogP contribution in [0.25, 0.3) is 0 Å². The van der Waals surface area contributed by atoms with E-state index in [0.717, 1.165) is 37.4 Å². The minimum atomic E-state index is -0.438. The smallest absolute Gasteiger partial charge is 0.220 e. The second-order valence-corrected chi connectivity index (χ2v) is 7.10. The molecule has 22 heavy (non-hydrogen) atoms. The van der Waals surface area contributed by atoms with Gasteiger partial charge in [-0.15, -0.1) is 0 Å². The van der Waals surface area contributed by atoms with Crippen LogP contribution in [-0.2, 0) is 16.0 Å². The molecule has 1 N–H and O–H groups in total. The fourth-order valence-corrected chi connectivity index (χ4v) is 3.50. The monoisotopic (exact) mass is 345 g/mol. The molecule has 1 aliphatic heterocycles. The molecule has 3 nitrogen and oxygen atoms in total. The van der Waals surface area contributed by atoms with Crippen molar-refractivity contribution in [2.45, 2.75) is 30.9 Å². The van der Waals surface area contributed by atoms with Crippen molar-refractivity contribution in [3.8, 4) is 0 Å². The first-order chi connectivity index (χ1) is 10.6. The van der Waals surface area contributed by atoms with Crippen LogP contribution in [0.4, 0.5) is 4.39 Å². The highest BCUT2D eigenvalue weighted by molar-refractivity contribution is 7.99. The third kappa shape index (κ3) is 6.15. The van der Waals surface area contributed by atoms with Crippen molar-refractivity contribution in [1.29, 1.82) is 0 Å². The standard InChI is InChI=1S/C16H21ClFNO2S/c17-14-3-1-12(11-15(14)18)2-4-16(20)19-7-10-22-13-5-8-21-9-6-13/h1,3,11,13H,2,4-10H2,(H,19,20). The van der Waals surface area contributed by atoms with Gasteiger partial charge in [-0.05, 0) is 37.0 Å². The predicted molar refractivity (Wildman–Crippen MR) is 89.0 cm³/mol. The van der Waals surface area contributed by atoms with E-state index in [9.17, 15) is 9.18 Å². The van der Waals surface area contributed by atoms with E-state index in [1.807, 2.05) is 11.8 Å². The fourth-order valence-electron chi connectivity index (χ4n) is 2.30. The summed E-state index contributed by atoms with van der Waals surface area (Å²) >= 11 is 7.53. The predicted octanol–water partition coefficient (Wildman–Crippen LogP) is 3.44. The van der Waals surface area contributed by atoms with Gasteiger partial charge < -0.3 is 10.1 Å². The Labute approximate surface area is 139 Å². The average molecular weight is 346 g/mol. The molecule has 0 unspecified atom stereocenters. The highest BCUT2D eigenvalue weighted by Gasteiger charge is 2.13. The van der Waals surface area contributed by atoms with Crippen molar-refractivity contribution in [2.75, 3.05) is 25.5 Å². The fraction of sp³-hybridized carbons (Fsp3) is 0.562. The third-order valence-corrected chi connectivity index (χ3v) is 5.26. The summed E-state index contributed by atoms with van der Waals surface area (Å²) in [5.74, 6) is 0.488. The minimum absolute atomic E-state index is 0.00272. The maximum atomic E-state index is 13.3. The van der Waals surface area contributed by atoms with Gasteiger partial charge in [0.1, 0.15) is 5.82 Å². The Balaban J connectivity index is 1.58. The molecular formula is C16H21ClFNO2S. The average Bonchev–Trinajstić information content (AvgIpc) is 2.54. The van der Waals surface area contributed by atoms with Gasteiger partial charge in [0, 0.05) is 37.2 Å². The SMILES string of the molecule is O=C(CCc1ccc(Cl)c(F)c1)NCCSC1CCOCC1. The number of carbonyl (C=O) groups excluding carboxylic acids is 1. The largest absolute Gasteiger partial charge is 0.381 e. The number of amides is 1. The van der Waals surface area contributed by atoms with Gasteiger partial charge in [0.05, 0.1) is 5.02 Å². The van der Waals surface area contributed by atoms with E-state index in [1.54, 1.807) is 6.07 Å². The number of hydrogen-bond donors (Lipinski definition) is 1. The molecule has 1 amide bonds. The van der Waals surface area contributed by atoms with Crippen molar-refractivity contribution >= 4 is 29.3 Å². The number of thioether (sulfide) groups is 1. The summed E-state index contributed by atoms with van der Waals surface area (Å²) in [6.45, 7) is 2.37. The Hall–Kier alpha value is -0.780. The molecule has 1 heterocycles. The van der Waals surface area contributed by atoms with Gasteiger partial charge in [-0.25, -0.2) is 4.39 Å². The Morgan fingerprint density at radius 3 is 2.91 bits per heavy atom. The van der Waals surface area contributed by atoms with Crippen LogP contribution in [-0.4, -0.2) is 36.7 Å². The van der Waals surface area contributed by atoms with E-state index in [-0.39, 0.29) is 10.9 Å². The van der Waals surface area contributed by atoms with Crippen LogP contribution in [0.2, 0.25) is 5.02 Å². The first-order valence-electron chi connectivity index (χ1n) is 7.55. The lowest BCUT2D eigenvalue weighted by Crippen LogP contribution is -2.27. The van der Waals surface area contributed by atoms with E-state index in [1.165, 1.54) is 12.1 Å². The zero-order valence-electron chi connectivity index (χ0n) is 12.4. The van der Waals surface area contributed by atoms with Gasteiger partial charge in [0.2, 0.25) is 5.91 Å². The molecule has 0 saturated carbocycles. The second kappa shape index (κ2) is 9.38. The summed E-state index contributed by atoms with van der Waals surface area (Å²) in [5.41, 5.74) is 0.786. The Morgan fingerprint density at radius 2 is 2.18 bits per heavy atom. The molecule has 0 bridgehead atoms. The summed E-state index contributed by atoms with van der Waals surface area (Å²) in [5, 5.41) is 3.67. The third-order valence-electron chi connectivity index (χ3n) is 3.57. The van der Waals surface area contributed by atoms with E-state index < -0.39 is 5.82 Å². The van der Waals surface area contributed by atoms with E-state index >= 15 is 0 Å². The Kier molecular flexibility index (Phi) is 7.49. The van der Waals surface area contributed by atoms with Crippen LogP contribution in [0.5, 0.6) is 0 Å². The normalized spacial score (nSPS) is 15.7. The zero-order valence-corrected chi connectivity index (χ0v) is 14.0. The van der Waals surface area contributed by atoms with Gasteiger partial charge in [-0.1, -0.05) is 17.7 Å². The zero-order chi connectivity index (χ0) is 15.8. The van der Waals surface area contributed by atoms with E-state index in [0.29, 0.717) is 24.6 Å². The topological polar surface area (TPSA) is 38.3 Å². The number of hydrogen-bond acceptors (Lipinski definition) is 3. The van der Waals surface area contributed by atoms with Crippen molar-refractivity contribution in [1.82, 2.24) is 5.32 Å². The summed E-state index contributed by atoms with van der Waals surface area (Å²) in [6.07, 6.45) is 3.08. The van der Waals surface area contributed by atoms with Crippen LogP contribution in [0.15, 0.2) is 18.2 Å². The Bertz CT molecular complexity index is 495. The number of rotatable bonds is 7. The van der Waals surface area contributed by atoms with Crippen molar-refractivity contribution in [3.63, 3.8) is 0 Å². The first-order valence-corrected chi connectivity index (χ1v) is 8.98. The second-order valence-electron chi connectivity index (χ2n) is 5.28. The molecule has 122 valence electrons. The molecule has 0 spiro atoms. The number of aryl methyl sites for hydroxylation is 1. The quantitative estimate of drug-likeness (QED) is 0.769. The number of carbonyl (C=O) groups is 1. The Morgan fingerprint density at radius 1 is 1.41 bits per heavy atom. The molecule has 2 rings (SSSR count). The molecule has 0 aromatic heterocycles. The number of benzene rings is 1. The lowest BCUT2D eigenvalue weighted by molar-refractivity contribution is -0.120. The van der Waals surface area contributed by atoms with Gasteiger partial charge in [-0.3, -0.25) is 4.79 Å². The van der Waals surface area contributed by atoms with E-state index in [4.69, 9.17) is 16.3 Å². The molecule has 0 aliphatic carbocycles. The van der Waals surface area contributed by atoms with Crippen molar-refractivity contribution in [2.24, 2.45) is 0 Å². The van der Waals surface area contributed by atoms with Crippen molar-refractivity contribution < 1.29 is 13.9 Å². The van der Waals surface area contributed by atoms with Crippen LogP contribution in [0.3, 0.4) is 0 Å². The highest BCUT2D eigenvalue weighted by Crippen LogP contribution is 2.21. The summed E-state index contributed by atoms with van der Waals surface area (Å²) in [4.78, 5) is 11.8. The van der Waals surface area contributed by atoms with Crippen LogP contribution in [0, 0.1) is 5.82 Å². The first kappa shape index (κ1) is 17.6. The van der Waals surface area contributed by atoms with Gasteiger partial charge in [-0.2, -0.15) is 11.8 Å². The molecule has 1 aliphatic rings. The van der Waals surface area contributed by atoms with Gasteiger partial charge in [0.15, 0.2) is 0 Å². The van der Waals surface area contributed by atoms with Gasteiger partial charge >= 0.3 is 0 Å². The molecule has 0 radical (unpaired) electrons. The lowest BCUT2D eigenvalue weighted by Gasteiger charge is -2.21. The number of ether oxygens (including phenoxy) is 1. The van der Waals surface area contributed by atoms with Crippen LogP contribution < -0.4 is 5.32 Å². The maximum Gasteiger partial charge on any atom is 0.220 e.